The number of nitrogens with zero attached hydrogens (tertiary/aromatic N) is 1. The van der Waals surface area contributed by atoms with Crippen molar-refractivity contribution in [2.45, 2.75) is 37.8 Å². The number of rotatable bonds is 5. The minimum atomic E-state index is -1.26. The maximum atomic E-state index is 12.1. The van der Waals surface area contributed by atoms with Gasteiger partial charge in [0.25, 0.3) is 0 Å². The van der Waals surface area contributed by atoms with Gasteiger partial charge in [0.2, 0.25) is 0 Å². The van der Waals surface area contributed by atoms with Crippen molar-refractivity contribution >= 4 is 12.0 Å². The summed E-state index contributed by atoms with van der Waals surface area (Å²) in [6.45, 7) is 2.55. The number of nitrogens with one attached hydrogen (secondary N) is 3. The van der Waals surface area contributed by atoms with E-state index in [2.05, 4.69) is 20.6 Å². The Kier molecular flexibility index (Phi) is 4.79. The first-order valence-corrected chi connectivity index (χ1v) is 6.96. The van der Waals surface area contributed by atoms with Gasteiger partial charge < -0.3 is 25.5 Å². The summed E-state index contributed by atoms with van der Waals surface area (Å²) in [6, 6.07) is -0.798. The van der Waals surface area contributed by atoms with Crippen LogP contribution in [0.5, 0.6) is 0 Å². The van der Waals surface area contributed by atoms with E-state index in [-0.39, 0.29) is 18.9 Å². The molecule has 2 rings (SSSR count). The van der Waals surface area contributed by atoms with Crippen LogP contribution in [0.15, 0.2) is 12.4 Å². The summed E-state index contributed by atoms with van der Waals surface area (Å²) in [7, 11) is 0. The van der Waals surface area contributed by atoms with Gasteiger partial charge in [0, 0.05) is 38.4 Å². The fraction of sp³-hybridized carbons (Fsp3) is 0.615. The molecule has 0 bridgehead atoms. The molecule has 4 N–H and O–H groups in total. The van der Waals surface area contributed by atoms with Crippen molar-refractivity contribution in [3.63, 3.8) is 0 Å². The first-order valence-electron chi connectivity index (χ1n) is 6.96. The lowest BCUT2D eigenvalue weighted by molar-refractivity contribution is -0.148. The zero-order chi connectivity index (χ0) is 15.3. The van der Waals surface area contributed by atoms with Crippen LogP contribution in [0.4, 0.5) is 4.79 Å². The van der Waals surface area contributed by atoms with Crippen molar-refractivity contribution in [2.75, 3.05) is 13.2 Å². The van der Waals surface area contributed by atoms with Crippen molar-refractivity contribution < 1.29 is 19.4 Å². The number of ether oxygens (including phenoxy) is 1. The van der Waals surface area contributed by atoms with E-state index >= 15 is 0 Å². The average molecular weight is 296 g/mol. The summed E-state index contributed by atoms with van der Waals surface area (Å²) in [6.07, 6.45) is 4.44. The molecule has 0 radical (unpaired) electrons. The third kappa shape index (κ3) is 3.52. The van der Waals surface area contributed by atoms with Crippen LogP contribution >= 0.6 is 0 Å². The van der Waals surface area contributed by atoms with E-state index in [1.807, 2.05) is 6.92 Å². The number of aromatic amines is 1. The summed E-state index contributed by atoms with van der Waals surface area (Å²) >= 11 is 0. The summed E-state index contributed by atoms with van der Waals surface area (Å²) in [5.74, 6) is -0.393. The highest BCUT2D eigenvalue weighted by molar-refractivity contribution is 5.86. The van der Waals surface area contributed by atoms with Crippen LogP contribution in [0.1, 0.15) is 38.1 Å². The number of imidazole rings is 1. The SMILES string of the molecule is CCC(NC(=O)NC1(C(=O)O)CCOCC1)c1ncc[nH]1. The van der Waals surface area contributed by atoms with Gasteiger partial charge in [-0.25, -0.2) is 14.6 Å². The molecule has 116 valence electrons. The summed E-state index contributed by atoms with van der Waals surface area (Å²) in [4.78, 5) is 30.6. The number of H-pyrrole nitrogens is 1. The second-order valence-corrected chi connectivity index (χ2v) is 5.03. The van der Waals surface area contributed by atoms with Crippen LogP contribution in [0.2, 0.25) is 0 Å². The molecule has 1 aromatic heterocycles. The van der Waals surface area contributed by atoms with Crippen molar-refractivity contribution in [2.24, 2.45) is 0 Å². The van der Waals surface area contributed by atoms with E-state index < -0.39 is 17.5 Å². The summed E-state index contributed by atoms with van der Waals surface area (Å²) in [5.41, 5.74) is -1.26. The molecule has 8 heteroatoms. The van der Waals surface area contributed by atoms with Crippen LogP contribution in [-0.4, -0.2) is 45.8 Å². The number of carbonyl (C=O) groups is 2. The lowest BCUT2D eigenvalue weighted by atomic mass is 9.90. The fourth-order valence-electron chi connectivity index (χ4n) is 2.36. The highest BCUT2D eigenvalue weighted by Gasteiger charge is 2.41. The van der Waals surface area contributed by atoms with E-state index in [4.69, 9.17) is 4.74 Å². The molecule has 1 atom stereocenters. The zero-order valence-corrected chi connectivity index (χ0v) is 11.9. The molecule has 1 unspecified atom stereocenters. The van der Waals surface area contributed by atoms with Crippen molar-refractivity contribution in [1.29, 1.82) is 0 Å². The van der Waals surface area contributed by atoms with Crippen LogP contribution < -0.4 is 10.6 Å². The summed E-state index contributed by atoms with van der Waals surface area (Å²) < 4.78 is 5.17. The minimum absolute atomic E-state index is 0.257. The minimum Gasteiger partial charge on any atom is -0.480 e. The van der Waals surface area contributed by atoms with Gasteiger partial charge in [0.05, 0.1) is 6.04 Å². The number of hydrogen-bond donors (Lipinski definition) is 4. The second-order valence-electron chi connectivity index (χ2n) is 5.03. The van der Waals surface area contributed by atoms with Gasteiger partial charge >= 0.3 is 12.0 Å². The largest absolute Gasteiger partial charge is 0.480 e. The topological polar surface area (TPSA) is 116 Å². The van der Waals surface area contributed by atoms with Gasteiger partial charge in [0.1, 0.15) is 11.4 Å². The Morgan fingerprint density at radius 3 is 2.76 bits per heavy atom. The van der Waals surface area contributed by atoms with E-state index in [1.54, 1.807) is 12.4 Å². The molecule has 1 aliphatic heterocycles. The number of carboxylic acid groups (broad SMARTS) is 1. The Morgan fingerprint density at radius 1 is 1.52 bits per heavy atom. The number of aromatic nitrogens is 2. The predicted molar refractivity (Wildman–Crippen MR) is 73.7 cm³/mol. The standard InChI is InChI=1S/C13H20N4O4/c1-2-9(10-14-5-6-15-10)16-12(20)17-13(11(18)19)3-7-21-8-4-13/h5-6,9H,2-4,7-8H2,1H3,(H,14,15)(H,18,19)(H2,16,17,20). The Balaban J connectivity index is 2.00. The van der Waals surface area contributed by atoms with Gasteiger partial charge in [-0.15, -0.1) is 0 Å². The number of urea groups is 1. The maximum Gasteiger partial charge on any atom is 0.329 e. The van der Waals surface area contributed by atoms with Crippen LogP contribution in [0.25, 0.3) is 0 Å². The summed E-state index contributed by atoms with van der Waals surface area (Å²) in [5, 5.41) is 14.7. The Labute approximate surface area is 122 Å². The fourth-order valence-corrected chi connectivity index (χ4v) is 2.36. The monoisotopic (exact) mass is 296 g/mol. The lowest BCUT2D eigenvalue weighted by Crippen LogP contribution is -2.59. The molecule has 21 heavy (non-hydrogen) atoms. The molecule has 1 saturated heterocycles. The van der Waals surface area contributed by atoms with Crippen LogP contribution in [0, 0.1) is 0 Å². The van der Waals surface area contributed by atoms with Crippen molar-refractivity contribution in [3.8, 4) is 0 Å². The Hall–Kier alpha value is -2.09. The Bertz CT molecular complexity index is 482. The van der Waals surface area contributed by atoms with Crippen molar-refractivity contribution in [1.82, 2.24) is 20.6 Å². The molecule has 1 fully saturated rings. The van der Waals surface area contributed by atoms with E-state index in [0.717, 1.165) is 0 Å². The van der Waals surface area contributed by atoms with Crippen LogP contribution in [0.3, 0.4) is 0 Å². The first kappa shape index (κ1) is 15.3. The second kappa shape index (κ2) is 6.57. The lowest BCUT2D eigenvalue weighted by Gasteiger charge is -2.34. The molecule has 0 aromatic carbocycles. The third-order valence-electron chi connectivity index (χ3n) is 3.67. The molecular weight excluding hydrogens is 276 g/mol. The van der Waals surface area contributed by atoms with E-state index in [1.165, 1.54) is 0 Å². The molecule has 1 aliphatic rings. The number of carbonyl (C=O) groups excluding carboxylic acids is 1. The highest BCUT2D eigenvalue weighted by Crippen LogP contribution is 2.21. The molecule has 2 heterocycles. The predicted octanol–water partition coefficient (Wildman–Crippen LogP) is 0.794. The van der Waals surface area contributed by atoms with Gasteiger partial charge in [0.15, 0.2) is 0 Å². The van der Waals surface area contributed by atoms with Gasteiger partial charge in [-0.2, -0.15) is 0 Å². The normalized spacial score (nSPS) is 18.7. The van der Waals surface area contributed by atoms with E-state index in [9.17, 15) is 14.7 Å². The molecular formula is C13H20N4O4. The number of amides is 2. The molecule has 0 saturated carbocycles. The molecule has 1 aromatic rings. The van der Waals surface area contributed by atoms with E-state index in [0.29, 0.717) is 25.5 Å². The number of hydrogen-bond acceptors (Lipinski definition) is 4. The average Bonchev–Trinajstić information content (AvgIpc) is 2.99. The molecule has 8 nitrogen and oxygen atoms in total. The highest BCUT2D eigenvalue weighted by atomic mass is 16.5. The van der Waals surface area contributed by atoms with Crippen LogP contribution in [-0.2, 0) is 9.53 Å². The quantitative estimate of drug-likeness (QED) is 0.641. The number of carboxylic acids is 1. The maximum absolute atomic E-state index is 12.1. The Morgan fingerprint density at radius 2 is 2.24 bits per heavy atom. The molecule has 0 aliphatic carbocycles. The van der Waals surface area contributed by atoms with Gasteiger partial charge in [-0.1, -0.05) is 6.92 Å². The first-order chi connectivity index (χ1) is 10.1. The number of aliphatic carboxylic acids is 1. The smallest absolute Gasteiger partial charge is 0.329 e. The molecule has 0 spiro atoms. The van der Waals surface area contributed by atoms with Gasteiger partial charge in [-0.3, -0.25) is 0 Å². The molecule has 2 amide bonds. The zero-order valence-electron chi connectivity index (χ0n) is 11.9. The van der Waals surface area contributed by atoms with Gasteiger partial charge in [-0.05, 0) is 6.42 Å². The van der Waals surface area contributed by atoms with Crippen molar-refractivity contribution in [3.05, 3.63) is 18.2 Å². The third-order valence-corrected chi connectivity index (χ3v) is 3.67.